The van der Waals surface area contributed by atoms with Crippen molar-refractivity contribution in [2.75, 3.05) is 42.3 Å². The Balaban J connectivity index is 1.86. The average Bonchev–Trinajstić information content (AvgIpc) is 3.18. The highest BCUT2D eigenvalue weighted by Crippen LogP contribution is 2.26. The molecule has 0 aromatic carbocycles. The van der Waals surface area contributed by atoms with Crippen LogP contribution in [0.25, 0.3) is 0 Å². The summed E-state index contributed by atoms with van der Waals surface area (Å²) in [5.74, 6) is 1.25. The van der Waals surface area contributed by atoms with Gasteiger partial charge < -0.3 is 15.1 Å². The molecule has 1 fully saturated rings. The summed E-state index contributed by atoms with van der Waals surface area (Å²) in [5, 5.41) is 2.90. The molecule has 3 rings (SSSR count). The summed E-state index contributed by atoms with van der Waals surface area (Å²) in [6, 6.07) is 0. The number of nitrogens with zero attached hydrogens (tertiary/aromatic N) is 5. The summed E-state index contributed by atoms with van der Waals surface area (Å²) >= 11 is 1.33. The first kappa shape index (κ1) is 15.7. The highest BCUT2D eigenvalue weighted by Gasteiger charge is 2.20. The maximum Gasteiger partial charge on any atom is 0.267 e. The fourth-order valence-electron chi connectivity index (χ4n) is 2.56. The number of rotatable bonds is 4. The van der Waals surface area contributed by atoms with E-state index < -0.39 is 0 Å². The lowest BCUT2D eigenvalue weighted by Crippen LogP contribution is -2.23. The van der Waals surface area contributed by atoms with Gasteiger partial charge in [0, 0.05) is 27.2 Å². The zero-order valence-corrected chi connectivity index (χ0v) is 14.4. The lowest BCUT2D eigenvalue weighted by molar-refractivity contribution is 0.102. The van der Waals surface area contributed by atoms with Crippen LogP contribution in [0.5, 0.6) is 0 Å². The number of anilines is 3. The van der Waals surface area contributed by atoms with E-state index in [9.17, 15) is 4.79 Å². The molecule has 23 heavy (non-hydrogen) atoms. The molecular formula is C15H20N6OS. The van der Waals surface area contributed by atoms with Gasteiger partial charge >= 0.3 is 0 Å². The van der Waals surface area contributed by atoms with Gasteiger partial charge in [-0.1, -0.05) is 0 Å². The van der Waals surface area contributed by atoms with E-state index in [2.05, 4.69) is 25.2 Å². The van der Waals surface area contributed by atoms with Gasteiger partial charge in [0.15, 0.2) is 5.82 Å². The standard InChI is InChI=1S/C15H20N6OS/c1-10-12(23-9-17-10)14(22)18-11-8-16-15(19-13(11)20(2)3)21-6-4-5-7-21/h8-9H,4-7H2,1-3H3,(H,18,22). The van der Waals surface area contributed by atoms with Gasteiger partial charge in [-0.3, -0.25) is 4.79 Å². The van der Waals surface area contributed by atoms with E-state index >= 15 is 0 Å². The number of thiazole rings is 1. The van der Waals surface area contributed by atoms with Gasteiger partial charge in [-0.2, -0.15) is 4.98 Å². The molecule has 122 valence electrons. The third-order valence-electron chi connectivity index (χ3n) is 3.77. The van der Waals surface area contributed by atoms with Crippen LogP contribution in [-0.2, 0) is 0 Å². The smallest absolute Gasteiger partial charge is 0.267 e. The molecule has 8 heteroatoms. The van der Waals surface area contributed by atoms with Crippen molar-refractivity contribution in [3.63, 3.8) is 0 Å². The monoisotopic (exact) mass is 332 g/mol. The normalized spacial score (nSPS) is 14.1. The van der Waals surface area contributed by atoms with E-state index in [0.29, 0.717) is 16.4 Å². The van der Waals surface area contributed by atoms with Crippen molar-refractivity contribution in [3.8, 4) is 0 Å². The Morgan fingerprint density at radius 2 is 2.04 bits per heavy atom. The Morgan fingerprint density at radius 1 is 1.30 bits per heavy atom. The summed E-state index contributed by atoms with van der Waals surface area (Å²) in [5.41, 5.74) is 3.01. The molecule has 1 amide bonds. The van der Waals surface area contributed by atoms with E-state index in [1.807, 2.05) is 25.9 Å². The van der Waals surface area contributed by atoms with E-state index in [1.54, 1.807) is 11.7 Å². The molecule has 2 aromatic heterocycles. The number of aromatic nitrogens is 3. The molecule has 0 radical (unpaired) electrons. The number of nitrogens with one attached hydrogen (secondary N) is 1. The maximum atomic E-state index is 12.4. The zero-order chi connectivity index (χ0) is 16.4. The molecule has 1 aliphatic heterocycles. The number of amides is 1. The first-order valence-corrected chi connectivity index (χ1v) is 8.45. The van der Waals surface area contributed by atoms with Gasteiger partial charge in [0.1, 0.15) is 10.6 Å². The highest BCUT2D eigenvalue weighted by atomic mass is 32.1. The zero-order valence-electron chi connectivity index (χ0n) is 13.5. The predicted octanol–water partition coefficient (Wildman–Crippen LogP) is 2.16. The Kier molecular flexibility index (Phi) is 4.42. The van der Waals surface area contributed by atoms with Crippen LogP contribution in [0.3, 0.4) is 0 Å². The molecule has 1 aliphatic rings. The van der Waals surface area contributed by atoms with Gasteiger partial charge in [-0.25, -0.2) is 9.97 Å². The van der Waals surface area contributed by atoms with E-state index in [4.69, 9.17) is 0 Å². The molecule has 7 nitrogen and oxygen atoms in total. The van der Waals surface area contributed by atoms with Crippen molar-refractivity contribution in [2.45, 2.75) is 19.8 Å². The minimum atomic E-state index is -0.175. The minimum absolute atomic E-state index is 0.175. The summed E-state index contributed by atoms with van der Waals surface area (Å²) in [6.45, 7) is 3.79. The molecule has 0 spiro atoms. The SMILES string of the molecule is Cc1ncsc1C(=O)Nc1cnc(N2CCCC2)nc1N(C)C. The molecular weight excluding hydrogens is 312 g/mol. The molecule has 0 saturated carbocycles. The van der Waals surface area contributed by atoms with Crippen LogP contribution in [0.4, 0.5) is 17.5 Å². The number of carbonyl (C=O) groups excluding carboxylic acids is 1. The average molecular weight is 332 g/mol. The second kappa shape index (κ2) is 6.49. The molecule has 2 aromatic rings. The summed E-state index contributed by atoms with van der Waals surface area (Å²) in [7, 11) is 3.81. The van der Waals surface area contributed by atoms with Crippen molar-refractivity contribution in [3.05, 3.63) is 22.3 Å². The third kappa shape index (κ3) is 3.26. The van der Waals surface area contributed by atoms with Crippen LogP contribution >= 0.6 is 11.3 Å². The lowest BCUT2D eigenvalue weighted by Gasteiger charge is -2.20. The fraction of sp³-hybridized carbons (Fsp3) is 0.467. The lowest BCUT2D eigenvalue weighted by atomic mass is 10.3. The summed E-state index contributed by atoms with van der Waals surface area (Å²) < 4.78 is 0. The van der Waals surface area contributed by atoms with Crippen molar-refractivity contribution < 1.29 is 4.79 Å². The van der Waals surface area contributed by atoms with Crippen molar-refractivity contribution in [1.82, 2.24) is 15.0 Å². The van der Waals surface area contributed by atoms with Crippen LogP contribution in [-0.4, -0.2) is 48.0 Å². The topological polar surface area (TPSA) is 74.2 Å². The summed E-state index contributed by atoms with van der Waals surface area (Å²) in [4.78, 5) is 30.2. The van der Waals surface area contributed by atoms with Crippen LogP contribution in [0.1, 0.15) is 28.2 Å². The van der Waals surface area contributed by atoms with Gasteiger partial charge in [-0.05, 0) is 19.8 Å². The fourth-order valence-corrected chi connectivity index (χ4v) is 3.26. The van der Waals surface area contributed by atoms with Crippen LogP contribution in [0, 0.1) is 6.92 Å². The number of hydrogen-bond acceptors (Lipinski definition) is 7. The van der Waals surface area contributed by atoms with E-state index in [0.717, 1.165) is 24.7 Å². The first-order chi connectivity index (χ1) is 11.1. The summed E-state index contributed by atoms with van der Waals surface area (Å²) in [6.07, 6.45) is 4.03. The maximum absolute atomic E-state index is 12.4. The number of aryl methyl sites for hydroxylation is 1. The van der Waals surface area contributed by atoms with Gasteiger partial charge in [0.25, 0.3) is 5.91 Å². The molecule has 1 saturated heterocycles. The second-order valence-electron chi connectivity index (χ2n) is 5.72. The van der Waals surface area contributed by atoms with Crippen molar-refractivity contribution >= 4 is 34.7 Å². The molecule has 3 heterocycles. The molecule has 0 aliphatic carbocycles. The van der Waals surface area contributed by atoms with E-state index in [1.165, 1.54) is 24.2 Å². The first-order valence-electron chi connectivity index (χ1n) is 7.57. The van der Waals surface area contributed by atoms with Crippen LogP contribution in [0.2, 0.25) is 0 Å². The predicted molar refractivity (Wildman–Crippen MR) is 92.6 cm³/mol. The van der Waals surface area contributed by atoms with Crippen molar-refractivity contribution in [2.24, 2.45) is 0 Å². The Bertz CT molecular complexity index is 708. The molecule has 1 N–H and O–H groups in total. The quantitative estimate of drug-likeness (QED) is 0.925. The van der Waals surface area contributed by atoms with Crippen molar-refractivity contribution in [1.29, 1.82) is 0 Å². The van der Waals surface area contributed by atoms with Gasteiger partial charge in [0.05, 0.1) is 17.4 Å². The Morgan fingerprint density at radius 3 is 2.65 bits per heavy atom. The number of carbonyl (C=O) groups is 1. The van der Waals surface area contributed by atoms with Crippen LogP contribution in [0.15, 0.2) is 11.7 Å². The molecule has 0 unspecified atom stereocenters. The van der Waals surface area contributed by atoms with Crippen LogP contribution < -0.4 is 15.1 Å². The van der Waals surface area contributed by atoms with Gasteiger partial charge in [0.2, 0.25) is 5.95 Å². The largest absolute Gasteiger partial charge is 0.361 e. The highest BCUT2D eigenvalue weighted by molar-refractivity contribution is 7.12. The number of hydrogen-bond donors (Lipinski definition) is 1. The van der Waals surface area contributed by atoms with Gasteiger partial charge in [-0.15, -0.1) is 11.3 Å². The third-order valence-corrected chi connectivity index (χ3v) is 4.70. The molecule has 0 bridgehead atoms. The second-order valence-corrected chi connectivity index (χ2v) is 6.57. The Hall–Kier alpha value is -2.22. The molecule has 0 atom stereocenters. The van der Waals surface area contributed by atoms with E-state index in [-0.39, 0.29) is 5.91 Å². The Labute approximate surface area is 139 Å². The minimum Gasteiger partial charge on any atom is -0.361 e.